The molecule has 30 heavy (non-hydrogen) atoms. The number of nitrogens with zero attached hydrogens (tertiary/aromatic N) is 2. The summed E-state index contributed by atoms with van der Waals surface area (Å²) in [6.07, 6.45) is 1.66. The van der Waals surface area contributed by atoms with Crippen LogP contribution < -0.4 is 0 Å². The van der Waals surface area contributed by atoms with Gasteiger partial charge in [-0.1, -0.05) is 35.3 Å². The van der Waals surface area contributed by atoms with E-state index < -0.39 is 17.1 Å². The summed E-state index contributed by atoms with van der Waals surface area (Å²) in [4.78, 5) is 19.0. The maximum absolute atomic E-state index is 16.0. The smallest absolute Gasteiger partial charge is 0.195 e. The number of aryl methyl sites for hydroxylation is 1. The molecule has 2 atom stereocenters. The number of carbonyl (C=O) groups is 1. The van der Waals surface area contributed by atoms with Crippen molar-refractivity contribution >= 4 is 29.0 Å². The number of rotatable bonds is 8. The monoisotopic (exact) mass is 454 g/mol. The third-order valence-corrected chi connectivity index (χ3v) is 6.24. The first-order chi connectivity index (χ1) is 14.2. The Bertz CT molecular complexity index is 929. The van der Waals surface area contributed by atoms with E-state index in [9.17, 15) is 9.90 Å². The topological polar surface area (TPSA) is 73.7 Å². The number of alkyl halides is 1. The number of halogens is 3. The van der Waals surface area contributed by atoms with Gasteiger partial charge < -0.3 is 15.1 Å². The molecular formula is C22H25Cl2FN2O3. The molecule has 8 heteroatoms. The molecule has 0 amide bonds. The molecule has 0 spiro atoms. The van der Waals surface area contributed by atoms with Crippen LogP contribution in [0.4, 0.5) is 4.39 Å². The highest BCUT2D eigenvalue weighted by atomic mass is 35.5. The number of likely N-dealkylation sites (N-methyl/N-ethyl adjacent to an activating group) is 1. The van der Waals surface area contributed by atoms with Gasteiger partial charge >= 0.3 is 0 Å². The first-order valence-corrected chi connectivity index (χ1v) is 10.6. The van der Waals surface area contributed by atoms with Gasteiger partial charge in [-0.3, -0.25) is 9.78 Å². The van der Waals surface area contributed by atoms with Crippen LogP contribution in [0.25, 0.3) is 0 Å². The first-order valence-electron chi connectivity index (χ1n) is 9.83. The number of hydrogen-bond donors (Lipinski definition) is 2. The zero-order valence-electron chi connectivity index (χ0n) is 16.7. The largest absolute Gasteiger partial charge is 0.395 e. The minimum Gasteiger partial charge on any atom is -0.395 e. The van der Waals surface area contributed by atoms with Crippen molar-refractivity contribution in [3.63, 3.8) is 0 Å². The summed E-state index contributed by atoms with van der Waals surface area (Å²) in [6.45, 7) is 0.495. The number of hydrogen-bond acceptors (Lipinski definition) is 5. The van der Waals surface area contributed by atoms with Gasteiger partial charge in [-0.25, -0.2) is 4.39 Å². The molecule has 5 nitrogen and oxygen atoms in total. The van der Waals surface area contributed by atoms with Crippen LogP contribution in [0.5, 0.6) is 0 Å². The SMILES string of the molecule is CN(CCO)C[C@@]1(O)CC[C@](F)(C(=O)CCc2ccc(Cl)cc2Cl)c2cccnc21. The lowest BCUT2D eigenvalue weighted by molar-refractivity contribution is -0.135. The third-order valence-electron chi connectivity index (χ3n) is 5.65. The van der Waals surface area contributed by atoms with Crippen LogP contribution in [0.3, 0.4) is 0 Å². The van der Waals surface area contributed by atoms with Crippen LogP contribution in [0, 0.1) is 0 Å². The van der Waals surface area contributed by atoms with E-state index in [1.165, 1.54) is 12.3 Å². The van der Waals surface area contributed by atoms with Crippen LogP contribution in [0.2, 0.25) is 10.0 Å². The Balaban J connectivity index is 1.83. The molecule has 162 valence electrons. The highest BCUT2D eigenvalue weighted by molar-refractivity contribution is 6.35. The van der Waals surface area contributed by atoms with Crippen molar-refractivity contribution in [2.75, 3.05) is 26.7 Å². The summed E-state index contributed by atoms with van der Waals surface area (Å²) in [5, 5.41) is 21.3. The number of benzene rings is 1. The van der Waals surface area contributed by atoms with Gasteiger partial charge in [-0.05, 0) is 50.1 Å². The number of ketones is 1. The van der Waals surface area contributed by atoms with Crippen LogP contribution in [-0.4, -0.2) is 52.6 Å². The molecule has 1 heterocycles. The molecule has 0 bridgehead atoms. The molecule has 1 aromatic heterocycles. The Morgan fingerprint density at radius 1 is 1.30 bits per heavy atom. The predicted molar refractivity (Wildman–Crippen MR) is 115 cm³/mol. The zero-order chi connectivity index (χ0) is 21.9. The third kappa shape index (κ3) is 4.68. The second-order valence-corrected chi connectivity index (χ2v) is 8.70. The fourth-order valence-corrected chi connectivity index (χ4v) is 4.54. The lowest BCUT2D eigenvalue weighted by atomic mass is 9.72. The van der Waals surface area contributed by atoms with Crippen molar-refractivity contribution in [1.29, 1.82) is 0 Å². The molecule has 1 aromatic carbocycles. The van der Waals surface area contributed by atoms with Crippen molar-refractivity contribution in [1.82, 2.24) is 9.88 Å². The molecule has 0 unspecified atom stereocenters. The summed E-state index contributed by atoms with van der Waals surface area (Å²) >= 11 is 12.1. The minimum atomic E-state index is -2.22. The number of aliphatic hydroxyl groups excluding tert-OH is 1. The van der Waals surface area contributed by atoms with E-state index in [2.05, 4.69) is 4.98 Å². The standard InChI is InChI=1S/C22H25Cl2FN2O3/c1-27(11-12-28)14-21(30)8-9-22(25,17-3-2-10-26-20(17)21)19(29)7-5-15-4-6-16(23)13-18(15)24/h2-4,6,10,13,28,30H,5,7-9,11-12,14H2,1H3/t21-,22+/m0/s1. The van der Waals surface area contributed by atoms with E-state index in [-0.39, 0.29) is 43.7 Å². The van der Waals surface area contributed by atoms with Crippen LogP contribution in [0.1, 0.15) is 36.1 Å². The van der Waals surface area contributed by atoms with Gasteiger partial charge in [0.1, 0.15) is 5.60 Å². The van der Waals surface area contributed by atoms with Gasteiger partial charge in [0.2, 0.25) is 0 Å². The van der Waals surface area contributed by atoms with E-state index in [0.717, 1.165) is 5.56 Å². The van der Waals surface area contributed by atoms with E-state index >= 15 is 4.39 Å². The van der Waals surface area contributed by atoms with Gasteiger partial charge in [0.15, 0.2) is 11.5 Å². The molecule has 2 N–H and O–H groups in total. The summed E-state index contributed by atoms with van der Waals surface area (Å²) in [5.41, 5.74) is -2.59. The molecule has 0 aliphatic heterocycles. The Kier molecular flexibility index (Phi) is 7.15. The molecule has 1 aliphatic carbocycles. The lowest BCUT2D eigenvalue weighted by Crippen LogP contribution is -2.48. The van der Waals surface area contributed by atoms with Crippen molar-refractivity contribution in [3.05, 3.63) is 63.4 Å². The highest BCUT2D eigenvalue weighted by Gasteiger charge is 2.51. The summed E-state index contributed by atoms with van der Waals surface area (Å²) in [7, 11) is 1.76. The number of aliphatic hydroxyl groups is 2. The maximum Gasteiger partial charge on any atom is 0.195 e. The van der Waals surface area contributed by atoms with Gasteiger partial charge in [0.25, 0.3) is 0 Å². The number of fused-ring (bicyclic) bond motifs is 1. The van der Waals surface area contributed by atoms with Gasteiger partial charge in [-0.2, -0.15) is 0 Å². The van der Waals surface area contributed by atoms with E-state index in [4.69, 9.17) is 28.3 Å². The lowest BCUT2D eigenvalue weighted by Gasteiger charge is -2.41. The van der Waals surface area contributed by atoms with Crippen molar-refractivity contribution in [2.45, 2.75) is 37.0 Å². The molecule has 0 radical (unpaired) electrons. The molecular weight excluding hydrogens is 430 g/mol. The minimum absolute atomic E-state index is 0.0327. The number of pyridine rings is 1. The average Bonchev–Trinajstić information content (AvgIpc) is 2.70. The Morgan fingerprint density at radius 3 is 2.77 bits per heavy atom. The van der Waals surface area contributed by atoms with Crippen LogP contribution >= 0.6 is 23.2 Å². The number of carbonyl (C=O) groups excluding carboxylic acids is 1. The summed E-state index contributed by atoms with van der Waals surface area (Å²) in [5.74, 6) is -0.562. The van der Waals surface area contributed by atoms with Crippen LogP contribution in [0.15, 0.2) is 36.5 Å². The van der Waals surface area contributed by atoms with Gasteiger partial charge in [0, 0.05) is 41.3 Å². The van der Waals surface area contributed by atoms with Crippen molar-refractivity contribution in [3.8, 4) is 0 Å². The predicted octanol–water partition coefficient (Wildman–Crippen LogP) is 3.66. The highest BCUT2D eigenvalue weighted by Crippen LogP contribution is 2.46. The first kappa shape index (κ1) is 23.1. The van der Waals surface area contributed by atoms with Gasteiger partial charge in [-0.15, -0.1) is 0 Å². The Hall–Kier alpha value is -1.57. The molecule has 0 saturated carbocycles. The quantitative estimate of drug-likeness (QED) is 0.636. The fourth-order valence-electron chi connectivity index (χ4n) is 4.04. The normalized spacial score (nSPS) is 23.4. The van der Waals surface area contributed by atoms with Crippen molar-refractivity contribution in [2.24, 2.45) is 0 Å². The molecule has 2 aromatic rings. The van der Waals surface area contributed by atoms with E-state index in [1.54, 1.807) is 36.2 Å². The second-order valence-electron chi connectivity index (χ2n) is 7.85. The maximum atomic E-state index is 16.0. The Labute approximate surface area is 185 Å². The van der Waals surface area contributed by atoms with Gasteiger partial charge in [0.05, 0.1) is 12.3 Å². The molecule has 0 saturated heterocycles. The van der Waals surface area contributed by atoms with Crippen LogP contribution in [-0.2, 0) is 22.5 Å². The molecule has 3 rings (SSSR count). The molecule has 1 aliphatic rings. The Morgan fingerprint density at radius 2 is 2.07 bits per heavy atom. The summed E-state index contributed by atoms with van der Waals surface area (Å²) in [6, 6.07) is 8.10. The van der Waals surface area contributed by atoms with E-state index in [0.29, 0.717) is 23.0 Å². The van der Waals surface area contributed by atoms with E-state index in [1.807, 2.05) is 0 Å². The fraction of sp³-hybridized carbons (Fsp3) is 0.455. The average molecular weight is 455 g/mol. The second kappa shape index (κ2) is 9.28. The summed E-state index contributed by atoms with van der Waals surface area (Å²) < 4.78 is 16.0. The zero-order valence-corrected chi connectivity index (χ0v) is 18.3. The number of aromatic nitrogens is 1. The molecule has 0 fully saturated rings. The number of Topliss-reactive ketones (excluding diaryl/α,β-unsaturated/α-hetero) is 1. The van der Waals surface area contributed by atoms with Crippen molar-refractivity contribution < 1.29 is 19.4 Å².